The molecule has 2 fully saturated rings. The number of hydrogen-bond donors (Lipinski definition) is 1. The van der Waals surface area contributed by atoms with E-state index in [-0.39, 0.29) is 6.04 Å². The van der Waals surface area contributed by atoms with Crippen LogP contribution >= 0.6 is 0 Å². The van der Waals surface area contributed by atoms with E-state index in [4.69, 9.17) is 0 Å². The second-order valence-corrected chi connectivity index (χ2v) is 7.96. The van der Waals surface area contributed by atoms with Gasteiger partial charge in [-0.1, -0.05) is 19.8 Å². The van der Waals surface area contributed by atoms with Gasteiger partial charge in [-0.05, 0) is 45.1 Å². The van der Waals surface area contributed by atoms with Gasteiger partial charge in [0.15, 0.2) is 0 Å². The molecular weight excluding hydrogens is 260 g/mol. The maximum atomic E-state index is 12.5. The van der Waals surface area contributed by atoms with Crippen LogP contribution in [0.3, 0.4) is 0 Å². The fourth-order valence-electron chi connectivity index (χ4n) is 2.89. The molecule has 0 amide bonds. The zero-order valence-electron chi connectivity index (χ0n) is 12.1. The SMILES string of the molecule is CCC1CCCCCN1S(=O)(=O)CCCNC1CC1. The Labute approximate surface area is 118 Å². The van der Waals surface area contributed by atoms with Gasteiger partial charge in [0.1, 0.15) is 0 Å². The minimum absolute atomic E-state index is 0.240. The van der Waals surface area contributed by atoms with Crippen molar-refractivity contribution in [1.29, 1.82) is 0 Å². The lowest BCUT2D eigenvalue weighted by molar-refractivity contribution is 0.314. The first-order valence-corrected chi connectivity index (χ1v) is 9.47. The van der Waals surface area contributed by atoms with Gasteiger partial charge in [0.05, 0.1) is 5.75 Å². The summed E-state index contributed by atoms with van der Waals surface area (Å²) in [5.74, 6) is 0.309. The summed E-state index contributed by atoms with van der Waals surface area (Å²) in [6.45, 7) is 3.68. The Morgan fingerprint density at radius 3 is 2.63 bits per heavy atom. The monoisotopic (exact) mass is 288 g/mol. The van der Waals surface area contributed by atoms with Crippen LogP contribution in [0.1, 0.15) is 58.3 Å². The average molecular weight is 288 g/mol. The number of hydrogen-bond acceptors (Lipinski definition) is 3. The molecule has 1 aliphatic carbocycles. The summed E-state index contributed by atoms with van der Waals surface area (Å²) in [6, 6.07) is 0.910. The van der Waals surface area contributed by atoms with Crippen LogP contribution in [0.2, 0.25) is 0 Å². The molecule has 5 heteroatoms. The minimum atomic E-state index is -3.05. The highest BCUT2D eigenvalue weighted by molar-refractivity contribution is 7.89. The molecule has 1 unspecified atom stereocenters. The Hall–Kier alpha value is -0.130. The molecule has 112 valence electrons. The van der Waals surface area contributed by atoms with Gasteiger partial charge in [-0.2, -0.15) is 4.31 Å². The number of nitrogens with zero attached hydrogens (tertiary/aromatic N) is 1. The zero-order chi connectivity index (χ0) is 13.7. The van der Waals surface area contributed by atoms with Crippen molar-refractivity contribution in [2.24, 2.45) is 0 Å². The molecule has 4 nitrogen and oxygen atoms in total. The van der Waals surface area contributed by atoms with Gasteiger partial charge in [-0.25, -0.2) is 8.42 Å². The second kappa shape index (κ2) is 7.04. The van der Waals surface area contributed by atoms with Crippen molar-refractivity contribution in [2.45, 2.75) is 70.4 Å². The first-order valence-electron chi connectivity index (χ1n) is 7.86. The van der Waals surface area contributed by atoms with Crippen LogP contribution in [0.25, 0.3) is 0 Å². The van der Waals surface area contributed by atoms with Gasteiger partial charge < -0.3 is 5.32 Å². The Morgan fingerprint density at radius 1 is 1.16 bits per heavy atom. The third-order valence-electron chi connectivity index (χ3n) is 4.24. The summed E-state index contributed by atoms with van der Waals surface area (Å²) in [7, 11) is -3.05. The molecule has 0 aromatic carbocycles. The average Bonchev–Trinajstić information content (AvgIpc) is 3.20. The molecule has 2 rings (SSSR count). The lowest BCUT2D eigenvalue weighted by Gasteiger charge is -2.28. The van der Waals surface area contributed by atoms with Crippen LogP contribution in [0.4, 0.5) is 0 Å². The predicted octanol–water partition coefficient (Wildman–Crippen LogP) is 2.11. The second-order valence-electron chi connectivity index (χ2n) is 5.92. The fourth-order valence-corrected chi connectivity index (χ4v) is 4.75. The van der Waals surface area contributed by atoms with Crippen LogP contribution in [0.15, 0.2) is 0 Å². The van der Waals surface area contributed by atoms with Crippen molar-refractivity contribution in [3.05, 3.63) is 0 Å². The Morgan fingerprint density at radius 2 is 1.95 bits per heavy atom. The Kier molecular flexibility index (Phi) is 5.66. The standard InChI is InChI=1S/C14H28N2O2S/c1-2-14-7-4-3-5-11-16(14)19(17,18)12-6-10-15-13-8-9-13/h13-15H,2-12H2,1H3. The quantitative estimate of drug-likeness (QED) is 0.730. The lowest BCUT2D eigenvalue weighted by atomic mass is 10.1. The van der Waals surface area contributed by atoms with Gasteiger partial charge in [0, 0.05) is 18.6 Å². The van der Waals surface area contributed by atoms with E-state index in [9.17, 15) is 8.42 Å². The third-order valence-corrected chi connectivity index (χ3v) is 6.24. The van der Waals surface area contributed by atoms with E-state index in [1.165, 1.54) is 25.7 Å². The first-order chi connectivity index (χ1) is 9.13. The molecule has 0 spiro atoms. The largest absolute Gasteiger partial charge is 0.314 e. The molecular formula is C14H28N2O2S. The normalized spacial score (nSPS) is 26.3. The Bertz CT molecular complexity index is 366. The maximum Gasteiger partial charge on any atom is 0.214 e. The molecule has 19 heavy (non-hydrogen) atoms. The van der Waals surface area contributed by atoms with Crippen LogP contribution in [0.5, 0.6) is 0 Å². The van der Waals surface area contributed by atoms with Crippen molar-refractivity contribution in [1.82, 2.24) is 9.62 Å². The van der Waals surface area contributed by atoms with E-state index >= 15 is 0 Å². The van der Waals surface area contributed by atoms with E-state index < -0.39 is 10.0 Å². The summed E-state index contributed by atoms with van der Waals surface area (Å²) in [5.41, 5.74) is 0. The topological polar surface area (TPSA) is 49.4 Å². The van der Waals surface area contributed by atoms with Crippen molar-refractivity contribution in [3.63, 3.8) is 0 Å². The molecule has 1 aliphatic heterocycles. The third kappa shape index (κ3) is 4.72. The van der Waals surface area contributed by atoms with Crippen LogP contribution in [0, 0.1) is 0 Å². The minimum Gasteiger partial charge on any atom is -0.314 e. The first kappa shape index (κ1) is 15.3. The summed E-state index contributed by atoms with van der Waals surface area (Å²) in [6.07, 6.45) is 8.62. The molecule has 1 heterocycles. The molecule has 1 atom stereocenters. The molecule has 0 radical (unpaired) electrons. The highest BCUT2D eigenvalue weighted by Gasteiger charge is 2.29. The zero-order valence-corrected chi connectivity index (χ0v) is 12.9. The van der Waals surface area contributed by atoms with Crippen LogP contribution < -0.4 is 5.32 Å². The number of rotatable bonds is 7. The fraction of sp³-hybridized carbons (Fsp3) is 1.00. The molecule has 0 aromatic rings. The lowest BCUT2D eigenvalue weighted by Crippen LogP contribution is -2.41. The van der Waals surface area contributed by atoms with Crippen LogP contribution in [-0.4, -0.2) is 43.6 Å². The highest BCUT2D eigenvalue weighted by atomic mass is 32.2. The van der Waals surface area contributed by atoms with Gasteiger partial charge in [0.2, 0.25) is 10.0 Å². The predicted molar refractivity (Wildman–Crippen MR) is 78.7 cm³/mol. The molecule has 2 aliphatic rings. The molecule has 0 bridgehead atoms. The van der Waals surface area contributed by atoms with E-state index in [2.05, 4.69) is 12.2 Å². The van der Waals surface area contributed by atoms with Gasteiger partial charge in [0.25, 0.3) is 0 Å². The van der Waals surface area contributed by atoms with Gasteiger partial charge >= 0.3 is 0 Å². The Balaban J connectivity index is 1.83. The molecule has 1 N–H and O–H groups in total. The van der Waals surface area contributed by atoms with Gasteiger partial charge in [-0.15, -0.1) is 0 Å². The summed E-state index contributed by atoms with van der Waals surface area (Å²) in [5, 5.41) is 3.39. The molecule has 1 saturated heterocycles. The van der Waals surface area contributed by atoms with E-state index in [1.54, 1.807) is 4.31 Å². The summed E-state index contributed by atoms with van der Waals surface area (Å²) in [4.78, 5) is 0. The summed E-state index contributed by atoms with van der Waals surface area (Å²) < 4.78 is 26.7. The van der Waals surface area contributed by atoms with E-state index in [0.29, 0.717) is 11.8 Å². The maximum absolute atomic E-state index is 12.5. The number of nitrogens with one attached hydrogen (secondary N) is 1. The van der Waals surface area contributed by atoms with Crippen molar-refractivity contribution in [3.8, 4) is 0 Å². The number of sulfonamides is 1. The van der Waals surface area contributed by atoms with Crippen molar-refractivity contribution >= 4 is 10.0 Å². The van der Waals surface area contributed by atoms with Crippen molar-refractivity contribution < 1.29 is 8.42 Å². The van der Waals surface area contributed by atoms with Crippen molar-refractivity contribution in [2.75, 3.05) is 18.8 Å². The van der Waals surface area contributed by atoms with Crippen LogP contribution in [-0.2, 0) is 10.0 Å². The van der Waals surface area contributed by atoms with Gasteiger partial charge in [-0.3, -0.25) is 0 Å². The van der Waals surface area contributed by atoms with E-state index in [0.717, 1.165) is 38.8 Å². The molecule has 1 saturated carbocycles. The summed E-state index contributed by atoms with van der Waals surface area (Å²) >= 11 is 0. The smallest absolute Gasteiger partial charge is 0.214 e. The van der Waals surface area contributed by atoms with E-state index in [1.807, 2.05) is 0 Å². The molecule has 0 aromatic heterocycles. The highest BCUT2D eigenvalue weighted by Crippen LogP contribution is 2.23.